The lowest BCUT2D eigenvalue weighted by molar-refractivity contribution is 1.18. The van der Waals surface area contributed by atoms with Gasteiger partial charge in [-0.1, -0.05) is 158 Å². The van der Waals surface area contributed by atoms with E-state index in [0.717, 1.165) is 88.2 Å². The lowest BCUT2D eigenvalue weighted by Gasteiger charge is -2.18. The molecule has 0 aliphatic heterocycles. The van der Waals surface area contributed by atoms with Gasteiger partial charge < -0.3 is 4.57 Å². The quantitative estimate of drug-likeness (QED) is 0.159. The molecule has 0 amide bonds. The fourth-order valence-corrected chi connectivity index (χ4v) is 8.71. The normalized spacial score (nSPS) is 11.4. The summed E-state index contributed by atoms with van der Waals surface area (Å²) in [5, 5.41) is 16.5. The van der Waals surface area contributed by atoms with Gasteiger partial charge in [0.05, 0.1) is 34.1 Å². The van der Waals surface area contributed by atoms with Crippen LogP contribution in [0.1, 0.15) is 5.56 Å². The van der Waals surface area contributed by atoms with Gasteiger partial charge in [0.25, 0.3) is 0 Å². The molecule has 274 valence electrons. The molecule has 0 aliphatic rings. The van der Waals surface area contributed by atoms with Crippen LogP contribution in [0.5, 0.6) is 0 Å². The maximum Gasteiger partial charge on any atom is 0.161 e. The van der Waals surface area contributed by atoms with E-state index in [0.29, 0.717) is 11.4 Å². The molecule has 9 aromatic carbocycles. The molecule has 0 bridgehead atoms. The van der Waals surface area contributed by atoms with Gasteiger partial charge in [0.1, 0.15) is 0 Å². The standard InChI is InChI=1S/C55H34N4/c56-35-36-24-30-51-47(32-36)48-33-41(27-31-52(48)59(51)42-28-25-38(26-29-42)37-14-4-1-5-15-37)53-43-20-10-12-22-45(43)54(46-23-13-11-21-44(46)53)55-57-49(39-16-6-2-7-17-39)34-50(58-55)40-18-8-3-9-19-40/h1-34H. The Labute approximate surface area is 341 Å². The SMILES string of the molecule is N#Cc1ccc2c(c1)c1cc(-c3c4ccccc4c(-c4nc(-c5ccccc5)cc(-c5ccccc5)n4)c4ccccc34)ccc1n2-c1ccc(-c2ccccc2)cc1. The molecule has 0 fully saturated rings. The van der Waals surface area contributed by atoms with Crippen LogP contribution in [0.4, 0.5) is 0 Å². The second-order valence-electron chi connectivity index (χ2n) is 14.9. The van der Waals surface area contributed by atoms with E-state index in [9.17, 15) is 5.26 Å². The van der Waals surface area contributed by atoms with Crippen LogP contribution in [0.2, 0.25) is 0 Å². The topological polar surface area (TPSA) is 54.5 Å². The first-order valence-electron chi connectivity index (χ1n) is 19.8. The van der Waals surface area contributed by atoms with Crippen molar-refractivity contribution in [3.8, 4) is 67.9 Å². The van der Waals surface area contributed by atoms with Crippen molar-refractivity contribution in [2.75, 3.05) is 0 Å². The zero-order valence-electron chi connectivity index (χ0n) is 31.9. The summed E-state index contributed by atoms with van der Waals surface area (Å²) < 4.78 is 2.31. The number of rotatable bonds is 6. The van der Waals surface area contributed by atoms with Gasteiger partial charge in [0.2, 0.25) is 0 Å². The summed E-state index contributed by atoms with van der Waals surface area (Å²) in [6, 6.07) is 74.4. The number of nitrogens with zero attached hydrogens (tertiary/aromatic N) is 4. The molecule has 0 atom stereocenters. The highest BCUT2D eigenvalue weighted by Gasteiger charge is 2.21. The van der Waals surface area contributed by atoms with Crippen molar-refractivity contribution in [1.82, 2.24) is 14.5 Å². The fraction of sp³-hybridized carbons (Fsp3) is 0. The molecule has 11 aromatic rings. The summed E-state index contributed by atoms with van der Waals surface area (Å²) in [6.07, 6.45) is 0. The van der Waals surface area contributed by atoms with E-state index in [1.54, 1.807) is 0 Å². The van der Waals surface area contributed by atoms with Crippen molar-refractivity contribution in [1.29, 1.82) is 5.26 Å². The lowest BCUT2D eigenvalue weighted by Crippen LogP contribution is -1.98. The van der Waals surface area contributed by atoms with Crippen molar-refractivity contribution in [3.63, 3.8) is 0 Å². The Morgan fingerprint density at radius 2 is 0.797 bits per heavy atom. The van der Waals surface area contributed by atoms with Crippen LogP contribution in [0, 0.1) is 11.3 Å². The summed E-state index contributed by atoms with van der Waals surface area (Å²) in [5.74, 6) is 0.685. The van der Waals surface area contributed by atoms with Gasteiger partial charge in [-0.2, -0.15) is 5.26 Å². The van der Waals surface area contributed by atoms with E-state index in [1.165, 1.54) is 11.1 Å². The Morgan fingerprint density at radius 1 is 0.356 bits per heavy atom. The van der Waals surface area contributed by atoms with Crippen LogP contribution >= 0.6 is 0 Å². The molecule has 0 saturated carbocycles. The van der Waals surface area contributed by atoms with Crippen LogP contribution in [-0.4, -0.2) is 14.5 Å². The maximum atomic E-state index is 10.0. The summed E-state index contributed by atoms with van der Waals surface area (Å²) in [7, 11) is 0. The largest absolute Gasteiger partial charge is 0.309 e. The fourth-order valence-electron chi connectivity index (χ4n) is 8.71. The zero-order valence-corrected chi connectivity index (χ0v) is 31.9. The van der Waals surface area contributed by atoms with Crippen LogP contribution in [-0.2, 0) is 0 Å². The van der Waals surface area contributed by atoms with Gasteiger partial charge in [0.15, 0.2) is 5.82 Å². The van der Waals surface area contributed by atoms with Gasteiger partial charge in [-0.05, 0) is 92.3 Å². The Balaban J connectivity index is 1.14. The van der Waals surface area contributed by atoms with E-state index in [2.05, 4.69) is 187 Å². The number of nitriles is 1. The second kappa shape index (κ2) is 14.1. The summed E-state index contributed by atoms with van der Waals surface area (Å²) >= 11 is 0. The highest BCUT2D eigenvalue weighted by molar-refractivity contribution is 6.22. The molecule has 59 heavy (non-hydrogen) atoms. The third-order valence-corrected chi connectivity index (χ3v) is 11.4. The van der Waals surface area contributed by atoms with E-state index >= 15 is 0 Å². The van der Waals surface area contributed by atoms with Crippen molar-refractivity contribution < 1.29 is 0 Å². The van der Waals surface area contributed by atoms with Crippen LogP contribution in [0.25, 0.3) is 105 Å². The molecule has 4 nitrogen and oxygen atoms in total. The Morgan fingerprint density at radius 3 is 1.34 bits per heavy atom. The van der Waals surface area contributed by atoms with Gasteiger partial charge >= 0.3 is 0 Å². The molecule has 0 radical (unpaired) electrons. The third kappa shape index (κ3) is 5.84. The summed E-state index contributed by atoms with van der Waals surface area (Å²) in [4.78, 5) is 10.6. The first kappa shape index (κ1) is 34.1. The predicted molar refractivity (Wildman–Crippen MR) is 243 cm³/mol. The molecular weight excluding hydrogens is 717 g/mol. The van der Waals surface area contributed by atoms with Gasteiger partial charge in [-0.3, -0.25) is 0 Å². The molecule has 0 aliphatic carbocycles. The second-order valence-corrected chi connectivity index (χ2v) is 14.9. The maximum absolute atomic E-state index is 10.0. The molecule has 2 heterocycles. The van der Waals surface area contributed by atoms with Gasteiger partial charge in [-0.25, -0.2) is 9.97 Å². The first-order valence-corrected chi connectivity index (χ1v) is 19.8. The Kier molecular flexibility index (Phi) is 8.17. The molecular formula is C55H34N4. The smallest absolute Gasteiger partial charge is 0.161 e. The van der Waals surface area contributed by atoms with Crippen molar-refractivity contribution in [2.24, 2.45) is 0 Å². The molecule has 0 N–H and O–H groups in total. The summed E-state index contributed by atoms with van der Waals surface area (Å²) in [6.45, 7) is 0. The highest BCUT2D eigenvalue weighted by Crippen LogP contribution is 2.45. The molecule has 0 unspecified atom stereocenters. The average molecular weight is 751 g/mol. The Bertz CT molecular complexity index is 3300. The van der Waals surface area contributed by atoms with Crippen LogP contribution in [0.15, 0.2) is 206 Å². The monoisotopic (exact) mass is 750 g/mol. The average Bonchev–Trinajstić information content (AvgIpc) is 3.64. The summed E-state index contributed by atoms with van der Waals surface area (Å²) in [5.41, 5.74) is 13.3. The predicted octanol–water partition coefficient (Wildman–Crippen LogP) is 14.1. The minimum atomic E-state index is 0.634. The minimum absolute atomic E-state index is 0.634. The molecule has 4 heteroatoms. The minimum Gasteiger partial charge on any atom is -0.309 e. The van der Waals surface area contributed by atoms with Crippen molar-refractivity contribution in [2.45, 2.75) is 0 Å². The van der Waals surface area contributed by atoms with E-state index in [4.69, 9.17) is 9.97 Å². The van der Waals surface area contributed by atoms with Gasteiger partial charge in [-0.15, -0.1) is 0 Å². The van der Waals surface area contributed by atoms with E-state index in [-0.39, 0.29) is 0 Å². The number of hydrogen-bond acceptors (Lipinski definition) is 3. The third-order valence-electron chi connectivity index (χ3n) is 11.4. The zero-order chi connectivity index (χ0) is 39.3. The van der Waals surface area contributed by atoms with E-state index < -0.39 is 0 Å². The molecule has 0 saturated heterocycles. The number of aromatic nitrogens is 3. The number of benzene rings is 9. The van der Waals surface area contributed by atoms with Crippen molar-refractivity contribution >= 4 is 43.4 Å². The Hall–Kier alpha value is -8.13. The number of hydrogen-bond donors (Lipinski definition) is 0. The first-order chi connectivity index (χ1) is 29.2. The highest BCUT2D eigenvalue weighted by atomic mass is 15.0. The van der Waals surface area contributed by atoms with E-state index in [1.807, 2.05) is 30.3 Å². The van der Waals surface area contributed by atoms with Crippen molar-refractivity contribution in [3.05, 3.63) is 212 Å². The molecule has 11 rings (SSSR count). The molecule has 0 spiro atoms. The van der Waals surface area contributed by atoms with Gasteiger partial charge in [0, 0.05) is 33.2 Å². The van der Waals surface area contributed by atoms with Crippen LogP contribution in [0.3, 0.4) is 0 Å². The number of fused-ring (bicyclic) bond motifs is 5. The van der Waals surface area contributed by atoms with Crippen LogP contribution < -0.4 is 0 Å². The molecule has 2 aromatic heterocycles. The lowest BCUT2D eigenvalue weighted by atomic mass is 9.87.